The Kier molecular flexibility index (Phi) is 3.61. The third-order valence-corrected chi connectivity index (χ3v) is 4.24. The van der Waals surface area contributed by atoms with Crippen LogP contribution in [0.1, 0.15) is 43.0 Å². The van der Waals surface area contributed by atoms with E-state index in [9.17, 15) is 9.90 Å². The fourth-order valence-corrected chi connectivity index (χ4v) is 2.66. The van der Waals surface area contributed by atoms with E-state index in [2.05, 4.69) is 34.8 Å². The van der Waals surface area contributed by atoms with Crippen LogP contribution < -0.4 is 5.32 Å². The second-order valence-corrected chi connectivity index (χ2v) is 5.85. The van der Waals surface area contributed by atoms with Crippen molar-refractivity contribution in [3.8, 4) is 5.75 Å². The number of hydrogen-bond donors (Lipinski definition) is 2. The SMILES string of the molecule is CCC1(NC(=O)c2cc(I)ccc2O)CCC1. The summed E-state index contributed by atoms with van der Waals surface area (Å²) in [5.74, 6) is -0.115. The predicted octanol–water partition coefficient (Wildman–Crippen LogP) is 3.06. The Morgan fingerprint density at radius 2 is 2.24 bits per heavy atom. The van der Waals surface area contributed by atoms with Crippen LogP contribution >= 0.6 is 22.6 Å². The highest BCUT2D eigenvalue weighted by Gasteiger charge is 2.36. The molecule has 2 rings (SSSR count). The molecule has 3 nitrogen and oxygen atoms in total. The van der Waals surface area contributed by atoms with Gasteiger partial charge >= 0.3 is 0 Å². The van der Waals surface area contributed by atoms with Gasteiger partial charge in [-0.05, 0) is 66.5 Å². The number of phenolic OH excluding ortho intramolecular Hbond substituents is 1. The molecular formula is C13H16INO2. The van der Waals surface area contributed by atoms with Crippen LogP contribution in [0.25, 0.3) is 0 Å². The smallest absolute Gasteiger partial charge is 0.255 e. The molecule has 1 fully saturated rings. The summed E-state index contributed by atoms with van der Waals surface area (Å²) in [6.07, 6.45) is 4.20. The van der Waals surface area contributed by atoms with Crippen molar-refractivity contribution in [2.75, 3.05) is 0 Å². The number of benzene rings is 1. The first-order chi connectivity index (χ1) is 8.06. The lowest BCUT2D eigenvalue weighted by atomic mass is 9.74. The number of amides is 1. The molecule has 1 aromatic rings. The molecule has 1 aliphatic carbocycles. The fourth-order valence-electron chi connectivity index (χ4n) is 2.17. The summed E-state index contributed by atoms with van der Waals surface area (Å²) in [6, 6.07) is 5.06. The maximum Gasteiger partial charge on any atom is 0.255 e. The van der Waals surface area contributed by atoms with Gasteiger partial charge in [-0.25, -0.2) is 0 Å². The Morgan fingerprint density at radius 3 is 2.76 bits per heavy atom. The maximum atomic E-state index is 12.1. The Balaban J connectivity index is 2.17. The Bertz CT molecular complexity index is 436. The van der Waals surface area contributed by atoms with Crippen LogP contribution in [0.3, 0.4) is 0 Å². The highest BCUT2D eigenvalue weighted by molar-refractivity contribution is 14.1. The molecule has 0 saturated heterocycles. The Hall–Kier alpha value is -0.780. The number of phenols is 1. The van der Waals surface area contributed by atoms with E-state index in [0.29, 0.717) is 5.56 Å². The lowest BCUT2D eigenvalue weighted by molar-refractivity contribution is 0.0817. The van der Waals surface area contributed by atoms with Gasteiger partial charge in [-0.15, -0.1) is 0 Å². The van der Waals surface area contributed by atoms with Gasteiger partial charge in [0.05, 0.1) is 5.56 Å². The average molecular weight is 345 g/mol. The largest absolute Gasteiger partial charge is 0.507 e. The van der Waals surface area contributed by atoms with Gasteiger partial charge in [-0.3, -0.25) is 4.79 Å². The minimum absolute atomic E-state index is 0.0369. The molecule has 0 aliphatic heterocycles. The summed E-state index contributed by atoms with van der Waals surface area (Å²) >= 11 is 2.13. The molecule has 92 valence electrons. The van der Waals surface area contributed by atoms with Gasteiger partial charge in [-0.1, -0.05) is 6.92 Å². The van der Waals surface area contributed by atoms with E-state index in [-0.39, 0.29) is 17.2 Å². The van der Waals surface area contributed by atoms with Gasteiger partial charge < -0.3 is 10.4 Å². The number of nitrogens with one attached hydrogen (secondary N) is 1. The van der Waals surface area contributed by atoms with Crippen molar-refractivity contribution in [3.63, 3.8) is 0 Å². The van der Waals surface area contributed by atoms with Crippen molar-refractivity contribution < 1.29 is 9.90 Å². The van der Waals surface area contributed by atoms with E-state index < -0.39 is 0 Å². The topological polar surface area (TPSA) is 49.3 Å². The Labute approximate surface area is 115 Å². The van der Waals surface area contributed by atoms with Crippen molar-refractivity contribution in [3.05, 3.63) is 27.3 Å². The molecule has 0 radical (unpaired) electrons. The maximum absolute atomic E-state index is 12.1. The molecule has 0 aromatic heterocycles. The number of carbonyl (C=O) groups is 1. The third kappa shape index (κ3) is 2.56. The quantitative estimate of drug-likeness (QED) is 0.828. The molecule has 0 unspecified atom stereocenters. The van der Waals surface area contributed by atoms with Crippen molar-refractivity contribution >= 4 is 28.5 Å². The van der Waals surface area contributed by atoms with E-state index >= 15 is 0 Å². The number of carbonyl (C=O) groups excluding carboxylic acids is 1. The summed E-state index contributed by atoms with van der Waals surface area (Å²) in [6.45, 7) is 2.09. The number of aromatic hydroxyl groups is 1. The number of rotatable bonds is 3. The van der Waals surface area contributed by atoms with Gasteiger partial charge in [0.2, 0.25) is 0 Å². The van der Waals surface area contributed by atoms with Crippen LogP contribution in [-0.2, 0) is 0 Å². The molecule has 1 aliphatic rings. The van der Waals surface area contributed by atoms with E-state index in [1.54, 1.807) is 18.2 Å². The van der Waals surface area contributed by atoms with Crippen molar-refractivity contribution in [1.29, 1.82) is 0 Å². The van der Waals surface area contributed by atoms with Crippen LogP contribution in [0.5, 0.6) is 5.75 Å². The summed E-state index contributed by atoms with van der Waals surface area (Å²) in [7, 11) is 0. The first kappa shape index (κ1) is 12.7. The van der Waals surface area contributed by atoms with E-state index in [1.807, 2.05) is 0 Å². The molecule has 1 amide bonds. The van der Waals surface area contributed by atoms with E-state index in [0.717, 1.165) is 22.8 Å². The molecule has 4 heteroatoms. The normalized spacial score (nSPS) is 17.3. The molecule has 0 spiro atoms. The van der Waals surface area contributed by atoms with Gasteiger partial charge in [0.25, 0.3) is 5.91 Å². The minimum Gasteiger partial charge on any atom is -0.507 e. The third-order valence-electron chi connectivity index (χ3n) is 3.57. The van der Waals surface area contributed by atoms with Gasteiger partial charge in [0.1, 0.15) is 5.75 Å². The second-order valence-electron chi connectivity index (χ2n) is 4.60. The standard InChI is InChI=1S/C13H16INO2/c1-2-13(6-3-7-13)15-12(17)10-8-9(14)4-5-11(10)16/h4-5,8,16H,2-3,6-7H2,1H3,(H,15,17). The second kappa shape index (κ2) is 4.84. The molecule has 0 atom stereocenters. The first-order valence-corrected chi connectivity index (χ1v) is 6.95. The molecule has 1 aromatic carbocycles. The predicted molar refractivity (Wildman–Crippen MR) is 75.2 cm³/mol. The zero-order valence-electron chi connectivity index (χ0n) is 9.79. The first-order valence-electron chi connectivity index (χ1n) is 5.87. The minimum atomic E-state index is -0.164. The van der Waals surface area contributed by atoms with Crippen LogP contribution in [0.15, 0.2) is 18.2 Å². The van der Waals surface area contributed by atoms with Crippen LogP contribution in [0, 0.1) is 3.57 Å². The summed E-state index contributed by atoms with van der Waals surface area (Å²) in [5.41, 5.74) is 0.335. The summed E-state index contributed by atoms with van der Waals surface area (Å²) < 4.78 is 0.949. The number of halogens is 1. The van der Waals surface area contributed by atoms with Crippen LogP contribution in [0.2, 0.25) is 0 Å². The molecule has 0 bridgehead atoms. The lowest BCUT2D eigenvalue weighted by Crippen LogP contribution is -2.52. The van der Waals surface area contributed by atoms with Crippen molar-refractivity contribution in [2.24, 2.45) is 0 Å². The van der Waals surface area contributed by atoms with Gasteiger partial charge in [0, 0.05) is 9.11 Å². The zero-order valence-corrected chi connectivity index (χ0v) is 12.0. The molecule has 0 heterocycles. The fraction of sp³-hybridized carbons (Fsp3) is 0.462. The van der Waals surface area contributed by atoms with E-state index in [1.165, 1.54) is 6.42 Å². The van der Waals surface area contributed by atoms with Crippen LogP contribution in [0.4, 0.5) is 0 Å². The van der Waals surface area contributed by atoms with Crippen molar-refractivity contribution in [2.45, 2.75) is 38.1 Å². The van der Waals surface area contributed by atoms with Crippen LogP contribution in [-0.4, -0.2) is 16.6 Å². The lowest BCUT2D eigenvalue weighted by Gasteiger charge is -2.42. The Morgan fingerprint density at radius 1 is 1.53 bits per heavy atom. The molecular weight excluding hydrogens is 329 g/mol. The van der Waals surface area contributed by atoms with E-state index in [4.69, 9.17) is 0 Å². The summed E-state index contributed by atoms with van der Waals surface area (Å²) in [5, 5.41) is 12.8. The average Bonchev–Trinajstić information content (AvgIpc) is 2.26. The van der Waals surface area contributed by atoms with Gasteiger partial charge in [-0.2, -0.15) is 0 Å². The molecule has 2 N–H and O–H groups in total. The molecule has 17 heavy (non-hydrogen) atoms. The molecule has 1 saturated carbocycles. The summed E-state index contributed by atoms with van der Waals surface area (Å²) in [4.78, 5) is 12.1. The monoisotopic (exact) mass is 345 g/mol. The number of hydrogen-bond acceptors (Lipinski definition) is 2. The highest BCUT2D eigenvalue weighted by Crippen LogP contribution is 2.35. The highest BCUT2D eigenvalue weighted by atomic mass is 127. The van der Waals surface area contributed by atoms with Crippen molar-refractivity contribution in [1.82, 2.24) is 5.32 Å². The zero-order chi connectivity index (χ0) is 12.5. The van der Waals surface area contributed by atoms with Gasteiger partial charge in [0.15, 0.2) is 0 Å².